The van der Waals surface area contributed by atoms with Gasteiger partial charge in [-0.2, -0.15) is 0 Å². The van der Waals surface area contributed by atoms with Crippen molar-refractivity contribution >= 4 is 15.7 Å². The number of hydrogen-bond donors (Lipinski definition) is 1. The minimum absolute atomic E-state index is 0.0111. The maximum atomic E-state index is 12.0. The van der Waals surface area contributed by atoms with E-state index in [4.69, 9.17) is 4.74 Å². The summed E-state index contributed by atoms with van der Waals surface area (Å²) in [6.07, 6.45) is 1.13. The average Bonchev–Trinajstić information content (AvgIpc) is 2.44. The highest BCUT2D eigenvalue weighted by atomic mass is 32.2. The van der Waals surface area contributed by atoms with Crippen molar-refractivity contribution in [3.63, 3.8) is 0 Å². The first-order chi connectivity index (χ1) is 9.86. The SMILES string of the molecule is CN1CCO[C@H](CNC(=O)c2ccc(S(C)(=O)=O)cc2)C1. The predicted molar refractivity (Wildman–Crippen MR) is 79.1 cm³/mol. The third-order valence-corrected chi connectivity index (χ3v) is 4.51. The molecule has 2 rings (SSSR count). The van der Waals surface area contributed by atoms with Gasteiger partial charge >= 0.3 is 0 Å². The molecular weight excluding hydrogens is 292 g/mol. The van der Waals surface area contributed by atoms with E-state index in [0.717, 1.165) is 19.3 Å². The van der Waals surface area contributed by atoms with Gasteiger partial charge in [0.15, 0.2) is 9.84 Å². The van der Waals surface area contributed by atoms with Crippen LogP contribution >= 0.6 is 0 Å². The maximum Gasteiger partial charge on any atom is 0.251 e. The second-order valence-corrected chi connectivity index (χ2v) is 7.28. The van der Waals surface area contributed by atoms with Gasteiger partial charge in [0.25, 0.3) is 5.91 Å². The molecule has 0 saturated carbocycles. The Bertz CT molecular complexity index is 598. The number of carbonyl (C=O) groups excluding carboxylic acids is 1. The number of rotatable bonds is 4. The Labute approximate surface area is 125 Å². The summed E-state index contributed by atoms with van der Waals surface area (Å²) < 4.78 is 28.3. The van der Waals surface area contributed by atoms with Gasteiger partial charge in [-0.1, -0.05) is 0 Å². The Hall–Kier alpha value is -1.44. The first-order valence-corrected chi connectivity index (χ1v) is 8.64. The van der Waals surface area contributed by atoms with Crippen LogP contribution < -0.4 is 5.32 Å². The van der Waals surface area contributed by atoms with Crippen molar-refractivity contribution in [2.75, 3.05) is 39.5 Å². The molecule has 7 heteroatoms. The van der Waals surface area contributed by atoms with Crippen molar-refractivity contribution < 1.29 is 17.9 Å². The minimum atomic E-state index is -3.24. The van der Waals surface area contributed by atoms with Gasteiger partial charge in [0, 0.05) is 31.5 Å². The zero-order chi connectivity index (χ0) is 15.5. The molecule has 0 bridgehead atoms. The fourth-order valence-corrected chi connectivity index (χ4v) is 2.78. The highest BCUT2D eigenvalue weighted by Crippen LogP contribution is 2.10. The fraction of sp³-hybridized carbons (Fsp3) is 0.500. The van der Waals surface area contributed by atoms with Crippen LogP contribution in [-0.2, 0) is 14.6 Å². The minimum Gasteiger partial charge on any atom is -0.374 e. The van der Waals surface area contributed by atoms with Gasteiger partial charge in [-0.3, -0.25) is 4.79 Å². The summed E-state index contributed by atoms with van der Waals surface area (Å²) >= 11 is 0. The molecule has 1 heterocycles. The third kappa shape index (κ3) is 4.52. The number of carbonyl (C=O) groups is 1. The largest absolute Gasteiger partial charge is 0.374 e. The van der Waals surface area contributed by atoms with Gasteiger partial charge in [-0.05, 0) is 31.3 Å². The molecule has 1 atom stereocenters. The zero-order valence-electron chi connectivity index (χ0n) is 12.2. The van der Waals surface area contributed by atoms with Crippen LogP contribution in [0.15, 0.2) is 29.2 Å². The van der Waals surface area contributed by atoms with E-state index < -0.39 is 9.84 Å². The topological polar surface area (TPSA) is 75.7 Å². The monoisotopic (exact) mass is 312 g/mol. The summed E-state index contributed by atoms with van der Waals surface area (Å²) in [5.74, 6) is -0.230. The van der Waals surface area contributed by atoms with Crippen LogP contribution in [0.4, 0.5) is 0 Å². The van der Waals surface area contributed by atoms with E-state index in [0.29, 0.717) is 18.7 Å². The molecule has 1 aliphatic heterocycles. The number of ether oxygens (including phenoxy) is 1. The molecule has 1 aromatic rings. The Morgan fingerprint density at radius 3 is 2.62 bits per heavy atom. The second-order valence-electron chi connectivity index (χ2n) is 5.26. The molecule has 0 aromatic heterocycles. The molecular formula is C14H20N2O4S. The average molecular weight is 312 g/mol. The van der Waals surface area contributed by atoms with E-state index in [9.17, 15) is 13.2 Å². The molecule has 1 fully saturated rings. The lowest BCUT2D eigenvalue weighted by Gasteiger charge is -2.30. The first kappa shape index (κ1) is 15.9. The Morgan fingerprint density at radius 2 is 2.05 bits per heavy atom. The van der Waals surface area contributed by atoms with Crippen LogP contribution in [0.1, 0.15) is 10.4 Å². The fourth-order valence-electron chi connectivity index (χ4n) is 2.15. The Balaban J connectivity index is 1.91. The first-order valence-electron chi connectivity index (χ1n) is 6.75. The molecule has 1 aromatic carbocycles. The van der Waals surface area contributed by atoms with Crippen LogP contribution in [0.3, 0.4) is 0 Å². The maximum absolute atomic E-state index is 12.0. The molecule has 0 radical (unpaired) electrons. The lowest BCUT2D eigenvalue weighted by Crippen LogP contribution is -2.45. The van der Waals surface area contributed by atoms with Gasteiger partial charge in [0.05, 0.1) is 17.6 Å². The number of benzene rings is 1. The molecule has 1 amide bonds. The van der Waals surface area contributed by atoms with Crippen molar-refractivity contribution in [3.05, 3.63) is 29.8 Å². The molecule has 0 spiro atoms. The summed E-state index contributed by atoms with van der Waals surface area (Å²) in [5, 5.41) is 2.81. The lowest BCUT2D eigenvalue weighted by atomic mass is 10.2. The van der Waals surface area contributed by atoms with Crippen molar-refractivity contribution in [3.8, 4) is 0 Å². The Kier molecular flexibility index (Phi) is 4.97. The predicted octanol–water partition coefficient (Wildman–Crippen LogP) is 0.151. The molecule has 1 aliphatic rings. The van der Waals surface area contributed by atoms with E-state index in [-0.39, 0.29) is 16.9 Å². The summed E-state index contributed by atoms with van der Waals surface area (Å²) in [5.41, 5.74) is 0.437. The van der Waals surface area contributed by atoms with Crippen LogP contribution in [0, 0.1) is 0 Å². The number of morpholine rings is 1. The Morgan fingerprint density at radius 1 is 1.38 bits per heavy atom. The van der Waals surface area contributed by atoms with Gasteiger partial charge in [-0.15, -0.1) is 0 Å². The summed E-state index contributed by atoms with van der Waals surface area (Å²) in [6.45, 7) is 2.79. The molecule has 1 saturated heterocycles. The number of likely N-dealkylation sites (N-methyl/N-ethyl adjacent to an activating group) is 1. The summed E-state index contributed by atoms with van der Waals surface area (Å²) in [6, 6.07) is 5.91. The van der Waals surface area contributed by atoms with Crippen LogP contribution in [0.5, 0.6) is 0 Å². The van der Waals surface area contributed by atoms with Crippen molar-refractivity contribution in [2.45, 2.75) is 11.0 Å². The number of nitrogens with zero attached hydrogens (tertiary/aromatic N) is 1. The van der Waals surface area contributed by atoms with Gasteiger partial charge in [-0.25, -0.2) is 8.42 Å². The van der Waals surface area contributed by atoms with Crippen LogP contribution in [0.2, 0.25) is 0 Å². The highest BCUT2D eigenvalue weighted by Gasteiger charge is 2.18. The highest BCUT2D eigenvalue weighted by molar-refractivity contribution is 7.90. The summed E-state index contributed by atoms with van der Waals surface area (Å²) in [4.78, 5) is 14.4. The molecule has 0 unspecified atom stereocenters. The third-order valence-electron chi connectivity index (χ3n) is 3.38. The van der Waals surface area contributed by atoms with Crippen molar-refractivity contribution in [1.82, 2.24) is 10.2 Å². The van der Waals surface area contributed by atoms with Crippen LogP contribution in [0.25, 0.3) is 0 Å². The standard InChI is InChI=1S/C14H20N2O4S/c1-16-7-8-20-12(10-16)9-15-14(17)11-3-5-13(6-4-11)21(2,18)19/h3-6,12H,7-10H2,1-2H3,(H,15,17)/t12-/m1/s1. The normalized spacial score (nSPS) is 20.2. The van der Waals surface area contributed by atoms with E-state index in [1.165, 1.54) is 24.3 Å². The number of hydrogen-bond acceptors (Lipinski definition) is 5. The van der Waals surface area contributed by atoms with Gasteiger partial charge in [0.2, 0.25) is 0 Å². The number of sulfone groups is 1. The number of nitrogens with one attached hydrogen (secondary N) is 1. The van der Waals surface area contributed by atoms with Crippen molar-refractivity contribution in [2.24, 2.45) is 0 Å². The lowest BCUT2D eigenvalue weighted by molar-refractivity contribution is -0.0175. The summed E-state index contributed by atoms with van der Waals surface area (Å²) in [7, 11) is -1.22. The van der Waals surface area contributed by atoms with E-state index in [1.807, 2.05) is 7.05 Å². The zero-order valence-corrected chi connectivity index (χ0v) is 13.0. The van der Waals surface area contributed by atoms with Gasteiger partial charge < -0.3 is 15.0 Å². The molecule has 1 N–H and O–H groups in total. The quantitative estimate of drug-likeness (QED) is 0.856. The van der Waals surface area contributed by atoms with E-state index in [2.05, 4.69) is 10.2 Å². The van der Waals surface area contributed by atoms with Gasteiger partial charge in [0.1, 0.15) is 0 Å². The molecule has 21 heavy (non-hydrogen) atoms. The molecule has 6 nitrogen and oxygen atoms in total. The smallest absolute Gasteiger partial charge is 0.251 e. The second kappa shape index (κ2) is 6.55. The molecule has 116 valence electrons. The van der Waals surface area contributed by atoms with E-state index >= 15 is 0 Å². The molecule has 0 aliphatic carbocycles. The van der Waals surface area contributed by atoms with Crippen LogP contribution in [-0.4, -0.2) is 64.9 Å². The number of amides is 1. The van der Waals surface area contributed by atoms with Crippen molar-refractivity contribution in [1.29, 1.82) is 0 Å². The van der Waals surface area contributed by atoms with E-state index in [1.54, 1.807) is 0 Å².